The number of carboxylic acid groups (broad SMARTS) is 1. The number of carbonyl (C=O) groups is 2. The zero-order chi connectivity index (χ0) is 15.8. The number of hydrogen-bond acceptors (Lipinski definition) is 2. The van der Waals surface area contributed by atoms with E-state index in [2.05, 4.69) is 19.2 Å². The van der Waals surface area contributed by atoms with Crippen LogP contribution in [0.2, 0.25) is 0 Å². The predicted molar refractivity (Wildman–Crippen MR) is 83.2 cm³/mol. The van der Waals surface area contributed by atoms with Crippen LogP contribution in [0, 0.1) is 11.8 Å². The molecule has 0 radical (unpaired) electrons. The third-order valence-corrected chi connectivity index (χ3v) is 4.25. The average molecular weight is 298 g/mol. The second-order valence-electron chi connectivity index (χ2n) is 6.68. The first-order valence-corrected chi connectivity index (χ1v) is 8.12. The van der Waals surface area contributed by atoms with Crippen LogP contribution in [0.1, 0.15) is 58.8 Å². The number of carboxylic acids is 1. The van der Waals surface area contributed by atoms with Crippen molar-refractivity contribution in [1.29, 1.82) is 0 Å². The third kappa shape index (κ3) is 6.82. The lowest BCUT2D eigenvalue weighted by Gasteiger charge is -2.31. The minimum atomic E-state index is -0.796. The zero-order valence-corrected chi connectivity index (χ0v) is 13.6. The van der Waals surface area contributed by atoms with Crippen molar-refractivity contribution in [3.05, 3.63) is 0 Å². The minimum absolute atomic E-state index is 0.00575. The normalized spacial score (nSPS) is 17.5. The largest absolute Gasteiger partial charge is 0.481 e. The maximum absolute atomic E-state index is 12.2. The van der Waals surface area contributed by atoms with E-state index in [0.29, 0.717) is 18.5 Å². The molecule has 2 N–H and O–H groups in total. The number of carbonyl (C=O) groups excluding carboxylic acids is 1. The summed E-state index contributed by atoms with van der Waals surface area (Å²) in [6, 6.07) is 0.266. The van der Waals surface area contributed by atoms with Crippen LogP contribution in [-0.4, -0.2) is 41.6 Å². The maximum atomic E-state index is 12.2. The van der Waals surface area contributed by atoms with Gasteiger partial charge in [-0.15, -0.1) is 0 Å². The summed E-state index contributed by atoms with van der Waals surface area (Å²) in [6.45, 7) is 4.59. The molecule has 0 aromatic carbocycles. The average Bonchev–Trinajstić information content (AvgIpc) is 2.43. The number of urea groups is 1. The number of rotatable bonds is 7. The Kier molecular flexibility index (Phi) is 7.54. The quantitative estimate of drug-likeness (QED) is 0.759. The highest BCUT2D eigenvalue weighted by molar-refractivity contribution is 5.74. The van der Waals surface area contributed by atoms with Crippen molar-refractivity contribution in [3.8, 4) is 0 Å². The molecule has 21 heavy (non-hydrogen) atoms. The molecule has 0 aliphatic heterocycles. The molecule has 2 amide bonds. The van der Waals surface area contributed by atoms with E-state index in [1.807, 2.05) is 7.05 Å². The van der Waals surface area contributed by atoms with Crippen LogP contribution in [0.3, 0.4) is 0 Å². The summed E-state index contributed by atoms with van der Waals surface area (Å²) >= 11 is 0. The fourth-order valence-electron chi connectivity index (χ4n) is 3.14. The van der Waals surface area contributed by atoms with E-state index in [4.69, 9.17) is 5.11 Å². The van der Waals surface area contributed by atoms with Gasteiger partial charge in [-0.2, -0.15) is 0 Å². The number of hydrogen-bond donors (Lipinski definition) is 2. The minimum Gasteiger partial charge on any atom is -0.481 e. The molecule has 0 aromatic heterocycles. The van der Waals surface area contributed by atoms with Gasteiger partial charge in [0.1, 0.15) is 0 Å². The van der Waals surface area contributed by atoms with Crippen LogP contribution in [0.5, 0.6) is 0 Å². The molecule has 0 aromatic rings. The lowest BCUT2D eigenvalue weighted by molar-refractivity contribution is -0.138. The predicted octanol–water partition coefficient (Wildman–Crippen LogP) is 3.10. The Balaban J connectivity index is 2.41. The van der Waals surface area contributed by atoms with Gasteiger partial charge in [-0.1, -0.05) is 33.1 Å². The van der Waals surface area contributed by atoms with E-state index in [9.17, 15) is 9.59 Å². The number of aliphatic carboxylic acids is 1. The highest BCUT2D eigenvalue weighted by Crippen LogP contribution is 2.21. The van der Waals surface area contributed by atoms with Crippen LogP contribution in [0.4, 0.5) is 4.79 Å². The molecule has 5 nitrogen and oxygen atoms in total. The summed E-state index contributed by atoms with van der Waals surface area (Å²) in [5.74, 6) is -0.357. The van der Waals surface area contributed by atoms with Gasteiger partial charge in [0.15, 0.2) is 0 Å². The Morgan fingerprint density at radius 1 is 1.24 bits per heavy atom. The van der Waals surface area contributed by atoms with E-state index in [1.54, 1.807) is 4.90 Å². The standard InChI is InChI=1S/C16H30N2O3/c1-12(2)9-13(10-15(19)20)11-17-16(21)18(3)14-7-5-4-6-8-14/h12-14H,4-11H2,1-3H3,(H,17,21)(H,19,20)/t13-/m0/s1. The fraction of sp³-hybridized carbons (Fsp3) is 0.875. The van der Waals surface area contributed by atoms with Crippen LogP contribution >= 0.6 is 0 Å². The van der Waals surface area contributed by atoms with Gasteiger partial charge in [0.05, 0.1) is 0 Å². The Morgan fingerprint density at radius 2 is 1.86 bits per heavy atom. The Labute approximate surface area is 128 Å². The molecule has 1 rings (SSSR count). The summed E-state index contributed by atoms with van der Waals surface area (Å²) < 4.78 is 0. The molecule has 0 saturated heterocycles. The van der Waals surface area contributed by atoms with Crippen molar-refractivity contribution in [2.75, 3.05) is 13.6 Å². The monoisotopic (exact) mass is 298 g/mol. The highest BCUT2D eigenvalue weighted by Gasteiger charge is 2.23. The summed E-state index contributed by atoms with van der Waals surface area (Å²) in [4.78, 5) is 24.9. The molecule has 1 atom stereocenters. The summed E-state index contributed by atoms with van der Waals surface area (Å²) in [5, 5.41) is 11.9. The number of nitrogens with one attached hydrogen (secondary N) is 1. The molecule has 0 bridgehead atoms. The Hall–Kier alpha value is -1.26. The number of nitrogens with zero attached hydrogens (tertiary/aromatic N) is 1. The maximum Gasteiger partial charge on any atom is 0.317 e. The first-order valence-electron chi connectivity index (χ1n) is 8.12. The second kappa shape index (κ2) is 8.90. The van der Waals surface area contributed by atoms with E-state index >= 15 is 0 Å². The topological polar surface area (TPSA) is 69.6 Å². The lowest BCUT2D eigenvalue weighted by Crippen LogP contribution is -2.45. The van der Waals surface area contributed by atoms with Crippen molar-refractivity contribution >= 4 is 12.0 Å². The van der Waals surface area contributed by atoms with Crippen molar-refractivity contribution in [3.63, 3.8) is 0 Å². The molecular weight excluding hydrogens is 268 g/mol. The van der Waals surface area contributed by atoms with Gasteiger partial charge < -0.3 is 15.3 Å². The summed E-state index contributed by atoms with van der Waals surface area (Å²) in [5.41, 5.74) is 0. The fourth-order valence-corrected chi connectivity index (χ4v) is 3.14. The lowest BCUT2D eigenvalue weighted by atomic mass is 9.94. The van der Waals surface area contributed by atoms with Gasteiger partial charge >= 0.3 is 12.0 Å². The van der Waals surface area contributed by atoms with E-state index in [-0.39, 0.29) is 18.4 Å². The van der Waals surface area contributed by atoms with Crippen molar-refractivity contribution < 1.29 is 14.7 Å². The van der Waals surface area contributed by atoms with Gasteiger partial charge in [0, 0.05) is 26.1 Å². The van der Waals surface area contributed by atoms with Crippen molar-refractivity contribution in [2.45, 2.75) is 64.8 Å². The van der Waals surface area contributed by atoms with Gasteiger partial charge in [-0.3, -0.25) is 4.79 Å². The molecule has 122 valence electrons. The van der Waals surface area contributed by atoms with Crippen molar-refractivity contribution in [2.24, 2.45) is 11.8 Å². The van der Waals surface area contributed by atoms with Crippen LogP contribution in [-0.2, 0) is 4.79 Å². The molecule has 1 fully saturated rings. The first-order chi connectivity index (χ1) is 9.90. The third-order valence-electron chi connectivity index (χ3n) is 4.25. The first kappa shape index (κ1) is 17.8. The molecule has 0 heterocycles. The molecule has 1 aliphatic carbocycles. The van der Waals surface area contributed by atoms with E-state index in [1.165, 1.54) is 19.3 Å². The molecule has 1 aliphatic rings. The Bertz CT molecular complexity index is 338. The van der Waals surface area contributed by atoms with Gasteiger partial charge in [0.25, 0.3) is 0 Å². The molecular formula is C16H30N2O3. The molecule has 1 saturated carbocycles. The molecule has 0 unspecified atom stereocenters. The zero-order valence-electron chi connectivity index (χ0n) is 13.6. The van der Waals surface area contributed by atoms with Gasteiger partial charge in [-0.25, -0.2) is 4.79 Å². The van der Waals surface area contributed by atoms with E-state index in [0.717, 1.165) is 19.3 Å². The molecule has 5 heteroatoms. The SMILES string of the molecule is CC(C)C[C@H](CNC(=O)N(C)C1CCCCC1)CC(=O)O. The second-order valence-corrected chi connectivity index (χ2v) is 6.68. The molecule has 0 spiro atoms. The highest BCUT2D eigenvalue weighted by atomic mass is 16.4. The smallest absolute Gasteiger partial charge is 0.317 e. The van der Waals surface area contributed by atoms with Gasteiger partial charge in [-0.05, 0) is 31.1 Å². The number of amides is 2. The van der Waals surface area contributed by atoms with Crippen LogP contribution in [0.25, 0.3) is 0 Å². The van der Waals surface area contributed by atoms with Gasteiger partial charge in [0.2, 0.25) is 0 Å². The van der Waals surface area contributed by atoms with Crippen LogP contribution in [0.15, 0.2) is 0 Å². The summed E-state index contributed by atoms with van der Waals surface area (Å²) in [6.07, 6.45) is 6.74. The summed E-state index contributed by atoms with van der Waals surface area (Å²) in [7, 11) is 1.85. The van der Waals surface area contributed by atoms with E-state index < -0.39 is 5.97 Å². The van der Waals surface area contributed by atoms with Crippen LogP contribution < -0.4 is 5.32 Å². The Morgan fingerprint density at radius 3 is 2.38 bits per heavy atom. The van der Waals surface area contributed by atoms with Crippen molar-refractivity contribution in [1.82, 2.24) is 10.2 Å².